The molecule has 0 saturated carbocycles. The number of hydrogen-bond donors (Lipinski definition) is 1. The highest BCUT2D eigenvalue weighted by Crippen LogP contribution is 2.14. The molecule has 0 aliphatic heterocycles. The van der Waals surface area contributed by atoms with E-state index in [2.05, 4.69) is 25.7 Å². The van der Waals surface area contributed by atoms with Crippen LogP contribution in [0.5, 0.6) is 0 Å². The Bertz CT molecular complexity index is 774. The minimum absolute atomic E-state index is 0.0296. The number of alkyl carbamates (subject to hydrolysis) is 1. The number of carbonyl (C=O) groups excluding carboxylic acids is 4. The molecule has 0 aromatic heterocycles. The predicted octanol–water partition coefficient (Wildman–Crippen LogP) is 9.69. The minimum atomic E-state index is -0.949. The second-order valence-electron chi connectivity index (χ2n) is 12.8. The van der Waals surface area contributed by atoms with Crippen LogP contribution in [0.2, 0.25) is 0 Å². The lowest BCUT2D eigenvalue weighted by Crippen LogP contribution is -2.36. The molecule has 0 rings (SSSR count). The van der Waals surface area contributed by atoms with Gasteiger partial charge in [-0.1, -0.05) is 149 Å². The van der Waals surface area contributed by atoms with E-state index in [0.717, 1.165) is 38.5 Å². The van der Waals surface area contributed by atoms with E-state index < -0.39 is 18.2 Å². The molecular weight excluding hydrogens is 598 g/mol. The zero-order chi connectivity index (χ0) is 34.8. The highest BCUT2D eigenvalue weighted by atomic mass is 16.6. The Kier molecular flexibility index (Phi) is 31.5. The number of hydrogen-bond acceptors (Lipinski definition) is 8. The molecule has 274 valence electrons. The molecule has 1 amide bonds. The molecule has 1 N–H and O–H groups in total. The van der Waals surface area contributed by atoms with Crippen LogP contribution >= 0.6 is 0 Å². The normalized spacial score (nSPS) is 10.9. The zero-order valence-corrected chi connectivity index (χ0v) is 30.3. The quantitative estimate of drug-likeness (QED) is 0.0318. The molecule has 0 spiro atoms. The molecule has 0 bridgehead atoms. The van der Waals surface area contributed by atoms with Crippen molar-refractivity contribution in [3.05, 3.63) is 12.2 Å². The van der Waals surface area contributed by atoms with E-state index in [1.807, 2.05) is 0 Å². The number of carbonyl (C=O) groups is 4. The van der Waals surface area contributed by atoms with Crippen molar-refractivity contribution >= 4 is 24.0 Å². The van der Waals surface area contributed by atoms with Crippen molar-refractivity contribution in [2.24, 2.45) is 0 Å². The van der Waals surface area contributed by atoms with E-state index in [9.17, 15) is 19.2 Å². The Hall–Kier alpha value is -2.58. The molecule has 9 heteroatoms. The smallest absolute Gasteiger partial charge is 0.407 e. The van der Waals surface area contributed by atoms with Gasteiger partial charge in [-0.2, -0.15) is 0 Å². The third kappa shape index (κ3) is 31.8. The van der Waals surface area contributed by atoms with Gasteiger partial charge in [0, 0.05) is 18.4 Å². The fraction of sp³-hybridized carbons (Fsp3) is 0.842. The Balaban J connectivity index is 4.35. The van der Waals surface area contributed by atoms with Crippen molar-refractivity contribution in [3.8, 4) is 0 Å². The number of esters is 3. The van der Waals surface area contributed by atoms with Crippen molar-refractivity contribution in [3.63, 3.8) is 0 Å². The second kappa shape index (κ2) is 33.3. The standard InChI is InChI=1S/C38H69NO8/c1-5-7-9-11-13-15-17-19-21-23-25-27-35(40)45-31-34(47-38(43)39-29-30-44-37(42)33(3)4)32-46-36(41)28-26-24-22-20-18-16-14-12-10-8-6-2/h34H,3,5-32H2,1-2,4H3,(H,39,43). The summed E-state index contributed by atoms with van der Waals surface area (Å²) in [6, 6.07) is 0. The SMILES string of the molecule is C=C(C)C(=O)OCCNC(=O)OC(COC(=O)CCCCCCCCCCCCC)COC(=O)CCCCCCCCCCCCC. The molecule has 0 aliphatic carbocycles. The van der Waals surface area contributed by atoms with Gasteiger partial charge in [0.15, 0.2) is 6.10 Å². The lowest BCUT2D eigenvalue weighted by Gasteiger charge is -2.18. The molecule has 0 radical (unpaired) electrons. The number of ether oxygens (including phenoxy) is 4. The summed E-state index contributed by atoms with van der Waals surface area (Å²) in [7, 11) is 0. The molecule has 0 saturated heterocycles. The minimum Gasteiger partial charge on any atom is -0.462 e. The zero-order valence-electron chi connectivity index (χ0n) is 30.3. The molecule has 0 aliphatic rings. The van der Waals surface area contributed by atoms with Crippen LogP contribution in [0.15, 0.2) is 12.2 Å². The van der Waals surface area contributed by atoms with Gasteiger partial charge in [-0.05, 0) is 19.8 Å². The van der Waals surface area contributed by atoms with Crippen molar-refractivity contribution < 1.29 is 38.1 Å². The summed E-state index contributed by atoms with van der Waals surface area (Å²) in [5.74, 6) is -1.28. The van der Waals surface area contributed by atoms with Gasteiger partial charge < -0.3 is 24.3 Å². The topological polar surface area (TPSA) is 117 Å². The lowest BCUT2D eigenvalue weighted by atomic mass is 10.1. The summed E-state index contributed by atoms with van der Waals surface area (Å²) in [4.78, 5) is 48.5. The van der Waals surface area contributed by atoms with Crippen LogP contribution in [0, 0.1) is 0 Å². The van der Waals surface area contributed by atoms with Gasteiger partial charge in [0.25, 0.3) is 0 Å². The van der Waals surface area contributed by atoms with Crippen molar-refractivity contribution in [1.82, 2.24) is 5.32 Å². The molecule has 47 heavy (non-hydrogen) atoms. The van der Waals surface area contributed by atoms with Crippen molar-refractivity contribution in [2.45, 2.75) is 181 Å². The van der Waals surface area contributed by atoms with Crippen LogP contribution in [0.25, 0.3) is 0 Å². The van der Waals surface area contributed by atoms with E-state index in [1.165, 1.54) is 110 Å². The van der Waals surface area contributed by atoms with E-state index >= 15 is 0 Å². The average Bonchev–Trinajstić information content (AvgIpc) is 3.05. The van der Waals surface area contributed by atoms with Gasteiger partial charge in [0.1, 0.15) is 19.8 Å². The maximum atomic E-state index is 12.3. The predicted molar refractivity (Wildman–Crippen MR) is 188 cm³/mol. The van der Waals surface area contributed by atoms with Gasteiger partial charge in [-0.3, -0.25) is 9.59 Å². The van der Waals surface area contributed by atoms with E-state index in [1.54, 1.807) is 0 Å². The van der Waals surface area contributed by atoms with Gasteiger partial charge in [0.05, 0.1) is 6.54 Å². The van der Waals surface area contributed by atoms with Crippen LogP contribution in [0.4, 0.5) is 4.79 Å². The average molecular weight is 668 g/mol. The van der Waals surface area contributed by atoms with E-state index in [0.29, 0.717) is 12.8 Å². The summed E-state index contributed by atoms with van der Waals surface area (Å²) < 4.78 is 21.1. The first kappa shape index (κ1) is 44.4. The van der Waals surface area contributed by atoms with Crippen LogP contribution in [0.1, 0.15) is 175 Å². The largest absolute Gasteiger partial charge is 0.462 e. The summed E-state index contributed by atoms with van der Waals surface area (Å²) in [5, 5.41) is 2.48. The Morgan fingerprint density at radius 3 is 1.28 bits per heavy atom. The molecule has 0 atom stereocenters. The van der Waals surface area contributed by atoms with E-state index in [-0.39, 0.29) is 43.9 Å². The molecule has 0 aromatic carbocycles. The van der Waals surface area contributed by atoms with Crippen molar-refractivity contribution in [2.75, 3.05) is 26.4 Å². The Morgan fingerprint density at radius 2 is 0.915 bits per heavy atom. The first-order valence-electron chi connectivity index (χ1n) is 18.9. The molecule has 0 fully saturated rings. The molecular formula is C38H69NO8. The maximum Gasteiger partial charge on any atom is 0.407 e. The Labute approximate surface area is 286 Å². The van der Waals surface area contributed by atoms with Gasteiger partial charge in [0.2, 0.25) is 0 Å². The fourth-order valence-electron chi connectivity index (χ4n) is 5.11. The molecule has 9 nitrogen and oxygen atoms in total. The first-order chi connectivity index (χ1) is 22.8. The fourth-order valence-corrected chi connectivity index (χ4v) is 5.11. The highest BCUT2D eigenvalue weighted by Gasteiger charge is 2.19. The van der Waals surface area contributed by atoms with Crippen LogP contribution < -0.4 is 5.32 Å². The monoisotopic (exact) mass is 668 g/mol. The Morgan fingerprint density at radius 1 is 0.553 bits per heavy atom. The number of nitrogens with one attached hydrogen (secondary N) is 1. The van der Waals surface area contributed by atoms with E-state index in [4.69, 9.17) is 18.9 Å². The number of unbranched alkanes of at least 4 members (excludes halogenated alkanes) is 20. The molecule has 0 aromatic rings. The number of rotatable bonds is 33. The first-order valence-corrected chi connectivity index (χ1v) is 18.9. The van der Waals surface area contributed by atoms with Crippen LogP contribution in [-0.4, -0.2) is 56.5 Å². The third-order valence-corrected chi connectivity index (χ3v) is 8.06. The molecule has 0 heterocycles. The molecule has 0 unspecified atom stereocenters. The highest BCUT2D eigenvalue weighted by molar-refractivity contribution is 5.86. The summed E-state index contributed by atoms with van der Waals surface area (Å²) in [6.45, 7) is 9.07. The lowest BCUT2D eigenvalue weighted by molar-refractivity contribution is -0.152. The van der Waals surface area contributed by atoms with Crippen molar-refractivity contribution in [1.29, 1.82) is 0 Å². The summed E-state index contributed by atoms with van der Waals surface area (Å²) in [6.07, 6.45) is 25.1. The number of amides is 1. The van der Waals surface area contributed by atoms with Gasteiger partial charge >= 0.3 is 24.0 Å². The van der Waals surface area contributed by atoms with Crippen LogP contribution in [-0.2, 0) is 33.3 Å². The third-order valence-electron chi connectivity index (χ3n) is 8.06. The summed E-state index contributed by atoms with van der Waals surface area (Å²) >= 11 is 0. The van der Waals surface area contributed by atoms with Gasteiger partial charge in [-0.15, -0.1) is 0 Å². The maximum absolute atomic E-state index is 12.3. The van der Waals surface area contributed by atoms with Crippen LogP contribution in [0.3, 0.4) is 0 Å². The second-order valence-corrected chi connectivity index (χ2v) is 12.8. The van der Waals surface area contributed by atoms with Gasteiger partial charge in [-0.25, -0.2) is 9.59 Å². The summed E-state index contributed by atoms with van der Waals surface area (Å²) in [5.41, 5.74) is 0.262.